The zero-order valence-electron chi connectivity index (χ0n) is 8.53. The first-order valence-electron chi connectivity index (χ1n) is 5.29. The molecule has 2 aliphatic carbocycles. The number of carbonyl (C=O) groups excluding carboxylic acids is 2. The third-order valence-corrected chi connectivity index (χ3v) is 3.75. The molecule has 1 saturated heterocycles. The van der Waals surface area contributed by atoms with E-state index in [2.05, 4.69) is 19.1 Å². The third-order valence-electron chi connectivity index (χ3n) is 3.75. The highest BCUT2D eigenvalue weighted by atomic mass is 16.6. The predicted octanol–water partition coefficient (Wildman–Crippen LogP) is 1.60. The first-order valence-corrected chi connectivity index (χ1v) is 5.29. The summed E-state index contributed by atoms with van der Waals surface area (Å²) in [6, 6.07) is 0. The number of rotatable bonds is 0. The van der Waals surface area contributed by atoms with Gasteiger partial charge in [-0.3, -0.25) is 9.59 Å². The minimum absolute atomic E-state index is 0.127. The van der Waals surface area contributed by atoms with E-state index in [0.29, 0.717) is 6.42 Å². The van der Waals surface area contributed by atoms with Crippen LogP contribution >= 0.6 is 0 Å². The van der Waals surface area contributed by atoms with Gasteiger partial charge in [-0.1, -0.05) is 23.3 Å². The second-order valence-corrected chi connectivity index (χ2v) is 4.54. The van der Waals surface area contributed by atoms with E-state index in [1.54, 1.807) is 0 Å². The molecule has 0 aromatic rings. The third kappa shape index (κ3) is 1.06. The lowest BCUT2D eigenvalue weighted by Gasteiger charge is -2.28. The zero-order valence-corrected chi connectivity index (χ0v) is 8.53. The van der Waals surface area contributed by atoms with Gasteiger partial charge in [-0.15, -0.1) is 0 Å². The molecule has 1 heterocycles. The van der Waals surface area contributed by atoms with E-state index in [1.165, 1.54) is 11.1 Å². The predicted molar refractivity (Wildman–Crippen MR) is 52.6 cm³/mol. The van der Waals surface area contributed by atoms with Gasteiger partial charge in [-0.25, -0.2) is 0 Å². The lowest BCUT2D eigenvalue weighted by molar-refractivity contribution is -0.153. The molecule has 0 aromatic heterocycles. The maximum absolute atomic E-state index is 11.6. The summed E-state index contributed by atoms with van der Waals surface area (Å²) in [6.07, 6.45) is 5.77. The van der Waals surface area contributed by atoms with Gasteiger partial charge in [0.05, 0.1) is 11.8 Å². The van der Waals surface area contributed by atoms with E-state index in [4.69, 9.17) is 4.74 Å². The van der Waals surface area contributed by atoms with E-state index >= 15 is 0 Å². The Kier molecular flexibility index (Phi) is 1.67. The molecule has 3 heteroatoms. The molecule has 1 fully saturated rings. The Labute approximate surface area is 87.8 Å². The quantitative estimate of drug-likeness (QED) is 0.342. The Hall–Kier alpha value is -1.38. The topological polar surface area (TPSA) is 43.4 Å². The molecule has 78 valence electrons. The van der Waals surface area contributed by atoms with Crippen LogP contribution in [0.5, 0.6) is 0 Å². The smallest absolute Gasteiger partial charge is 0.318 e. The fraction of sp³-hybridized carbons (Fsp3) is 0.500. The van der Waals surface area contributed by atoms with E-state index in [9.17, 15) is 9.59 Å². The fourth-order valence-corrected chi connectivity index (χ4v) is 3.01. The summed E-state index contributed by atoms with van der Waals surface area (Å²) in [4.78, 5) is 23.0. The molecule has 3 atom stereocenters. The van der Waals surface area contributed by atoms with Crippen molar-refractivity contribution >= 4 is 11.9 Å². The number of esters is 2. The highest BCUT2D eigenvalue weighted by molar-refractivity contribution is 5.97. The van der Waals surface area contributed by atoms with Crippen LogP contribution in [-0.4, -0.2) is 11.9 Å². The lowest BCUT2D eigenvalue weighted by atomic mass is 9.71. The van der Waals surface area contributed by atoms with Gasteiger partial charge in [0.25, 0.3) is 0 Å². The van der Waals surface area contributed by atoms with Gasteiger partial charge < -0.3 is 4.74 Å². The average Bonchev–Trinajstić information content (AvgIpc) is 2.73. The molecule has 3 nitrogen and oxygen atoms in total. The number of hydrogen-bond donors (Lipinski definition) is 0. The van der Waals surface area contributed by atoms with Crippen LogP contribution in [0.25, 0.3) is 0 Å². The van der Waals surface area contributed by atoms with Crippen LogP contribution in [0.3, 0.4) is 0 Å². The standard InChI is InChI=1S/C12H12O3/c1-6-5-9-10(12(14)15-11(9)13)8-4-2-3-7(6)8/h2,4,8-10H,3,5H2,1H3/t8-,9+,10-/m1/s1. The molecule has 1 aliphatic heterocycles. The van der Waals surface area contributed by atoms with E-state index < -0.39 is 0 Å². The Bertz CT molecular complexity index is 417. The van der Waals surface area contributed by atoms with Crippen molar-refractivity contribution in [3.8, 4) is 0 Å². The molecule has 0 unspecified atom stereocenters. The molecular formula is C12H12O3. The summed E-state index contributed by atoms with van der Waals surface area (Å²) in [5, 5.41) is 0. The second kappa shape index (κ2) is 2.81. The van der Waals surface area contributed by atoms with Crippen molar-refractivity contribution in [3.05, 3.63) is 23.3 Å². The number of ether oxygens (including phenoxy) is 1. The summed E-state index contributed by atoms with van der Waals surface area (Å²) < 4.78 is 4.73. The minimum Gasteiger partial charge on any atom is -0.393 e. The van der Waals surface area contributed by atoms with Crippen molar-refractivity contribution < 1.29 is 14.3 Å². The molecule has 3 rings (SSSR count). The summed E-state index contributed by atoms with van der Waals surface area (Å²) in [5.74, 6) is -0.998. The van der Waals surface area contributed by atoms with E-state index in [1.807, 2.05) is 0 Å². The lowest BCUT2D eigenvalue weighted by Crippen LogP contribution is -2.30. The Morgan fingerprint density at radius 1 is 1.33 bits per heavy atom. The van der Waals surface area contributed by atoms with Gasteiger partial charge in [0.15, 0.2) is 0 Å². The molecule has 0 saturated carbocycles. The minimum atomic E-state index is -0.330. The summed E-state index contributed by atoms with van der Waals surface area (Å²) in [6.45, 7) is 2.06. The maximum Gasteiger partial charge on any atom is 0.318 e. The highest BCUT2D eigenvalue weighted by Gasteiger charge is 2.51. The summed E-state index contributed by atoms with van der Waals surface area (Å²) >= 11 is 0. The van der Waals surface area contributed by atoms with Crippen molar-refractivity contribution in [2.24, 2.45) is 17.8 Å². The van der Waals surface area contributed by atoms with Crippen LogP contribution in [-0.2, 0) is 14.3 Å². The van der Waals surface area contributed by atoms with Crippen LogP contribution in [0.15, 0.2) is 23.3 Å². The first-order chi connectivity index (χ1) is 7.18. The molecular weight excluding hydrogens is 192 g/mol. The van der Waals surface area contributed by atoms with Crippen molar-refractivity contribution in [2.45, 2.75) is 19.8 Å². The van der Waals surface area contributed by atoms with Gasteiger partial charge in [0.1, 0.15) is 0 Å². The van der Waals surface area contributed by atoms with Crippen LogP contribution in [0.2, 0.25) is 0 Å². The van der Waals surface area contributed by atoms with Crippen molar-refractivity contribution in [2.75, 3.05) is 0 Å². The number of fused-ring (bicyclic) bond motifs is 3. The average molecular weight is 204 g/mol. The Balaban J connectivity index is 2.08. The fourth-order valence-electron chi connectivity index (χ4n) is 3.01. The molecule has 0 aromatic carbocycles. The van der Waals surface area contributed by atoms with Gasteiger partial charge in [-0.05, 0) is 19.8 Å². The summed E-state index contributed by atoms with van der Waals surface area (Å²) in [7, 11) is 0. The largest absolute Gasteiger partial charge is 0.393 e. The van der Waals surface area contributed by atoms with Crippen molar-refractivity contribution in [1.29, 1.82) is 0 Å². The number of carbonyl (C=O) groups is 2. The molecule has 3 aliphatic rings. The van der Waals surface area contributed by atoms with Crippen LogP contribution < -0.4 is 0 Å². The molecule has 0 radical (unpaired) electrons. The van der Waals surface area contributed by atoms with Crippen molar-refractivity contribution in [3.63, 3.8) is 0 Å². The van der Waals surface area contributed by atoms with Crippen LogP contribution in [0.1, 0.15) is 19.8 Å². The van der Waals surface area contributed by atoms with Gasteiger partial charge in [0.2, 0.25) is 0 Å². The number of hydrogen-bond acceptors (Lipinski definition) is 3. The Morgan fingerprint density at radius 3 is 2.93 bits per heavy atom. The van der Waals surface area contributed by atoms with Gasteiger partial charge in [0, 0.05) is 5.92 Å². The molecule has 0 amide bonds. The normalized spacial score (nSPS) is 38.1. The summed E-state index contributed by atoms with van der Waals surface area (Å²) in [5.41, 5.74) is 2.58. The SMILES string of the molecule is CC1=C2CC=C[C@H]2[C@H]2C(=O)OC(=O)[C@H]2C1. The van der Waals surface area contributed by atoms with Crippen LogP contribution in [0, 0.1) is 17.8 Å². The molecule has 0 bridgehead atoms. The van der Waals surface area contributed by atoms with E-state index in [-0.39, 0.29) is 29.7 Å². The van der Waals surface area contributed by atoms with Crippen molar-refractivity contribution in [1.82, 2.24) is 0 Å². The molecule has 0 N–H and O–H groups in total. The molecule has 0 spiro atoms. The van der Waals surface area contributed by atoms with Gasteiger partial charge in [-0.2, -0.15) is 0 Å². The highest BCUT2D eigenvalue weighted by Crippen LogP contribution is 2.47. The van der Waals surface area contributed by atoms with E-state index in [0.717, 1.165) is 6.42 Å². The second-order valence-electron chi connectivity index (χ2n) is 4.54. The maximum atomic E-state index is 11.6. The van der Waals surface area contributed by atoms with Crippen LogP contribution in [0.4, 0.5) is 0 Å². The molecule has 15 heavy (non-hydrogen) atoms. The zero-order chi connectivity index (χ0) is 10.6. The number of cyclic esters (lactones) is 2. The first kappa shape index (κ1) is 8.89. The van der Waals surface area contributed by atoms with Gasteiger partial charge >= 0.3 is 11.9 Å². The monoisotopic (exact) mass is 204 g/mol. The Morgan fingerprint density at radius 2 is 2.13 bits per heavy atom. The number of allylic oxidation sites excluding steroid dienone is 4.